The molecule has 3 heterocycles. The van der Waals surface area contributed by atoms with Crippen LogP contribution in [-0.2, 0) is 29.0 Å². The van der Waals surface area contributed by atoms with E-state index in [-0.39, 0.29) is 28.9 Å². The highest BCUT2D eigenvalue weighted by molar-refractivity contribution is 5.91. The van der Waals surface area contributed by atoms with Crippen molar-refractivity contribution < 1.29 is 28.9 Å². The molecule has 9 heteroatoms. The van der Waals surface area contributed by atoms with Gasteiger partial charge in [0.1, 0.15) is 46.5 Å². The topological polar surface area (TPSA) is 144 Å². The maximum absolute atomic E-state index is 13.0. The summed E-state index contributed by atoms with van der Waals surface area (Å²) in [6.45, 7) is 7.06. The predicted molar refractivity (Wildman–Crippen MR) is 130 cm³/mol. The summed E-state index contributed by atoms with van der Waals surface area (Å²) in [6.07, 6.45) is 5.11. The number of dihydropyridines is 1. The molecule has 0 saturated heterocycles. The van der Waals surface area contributed by atoms with Gasteiger partial charge in [0.2, 0.25) is 0 Å². The maximum atomic E-state index is 13.0. The van der Waals surface area contributed by atoms with Crippen molar-refractivity contribution in [3.05, 3.63) is 68.4 Å². The van der Waals surface area contributed by atoms with Gasteiger partial charge in [-0.25, -0.2) is 4.79 Å². The third-order valence-corrected chi connectivity index (χ3v) is 6.43. The molecular formula is C26H30N2O7. The first kappa shape index (κ1) is 24.4. The van der Waals surface area contributed by atoms with Crippen LogP contribution in [0.3, 0.4) is 0 Å². The van der Waals surface area contributed by atoms with Gasteiger partial charge in [0, 0.05) is 42.2 Å². The summed E-state index contributed by atoms with van der Waals surface area (Å²) in [7, 11) is 0. The van der Waals surface area contributed by atoms with Crippen molar-refractivity contribution in [2.24, 2.45) is 5.73 Å². The number of rotatable bonds is 5. The van der Waals surface area contributed by atoms with E-state index < -0.39 is 29.7 Å². The molecule has 186 valence electrons. The molecule has 0 aliphatic carbocycles. The Bertz CT molecular complexity index is 1350. The molecule has 2 aromatic rings. The Hall–Kier alpha value is -3.72. The molecule has 0 amide bonds. The average molecular weight is 483 g/mol. The number of phenolic OH excluding ortho intramolecular Hbond substituents is 1. The Balaban J connectivity index is 1.92. The van der Waals surface area contributed by atoms with Crippen molar-refractivity contribution in [2.45, 2.75) is 58.8 Å². The number of hydrogen-bond donors (Lipinski definition) is 4. The third-order valence-electron chi connectivity index (χ3n) is 6.43. The van der Waals surface area contributed by atoms with E-state index >= 15 is 0 Å². The van der Waals surface area contributed by atoms with E-state index in [1.807, 2.05) is 6.08 Å². The van der Waals surface area contributed by atoms with E-state index in [4.69, 9.17) is 19.6 Å². The molecule has 0 bridgehead atoms. The van der Waals surface area contributed by atoms with Crippen molar-refractivity contribution in [1.82, 2.24) is 5.32 Å². The second-order valence-electron chi connectivity index (χ2n) is 9.29. The van der Waals surface area contributed by atoms with Crippen molar-refractivity contribution in [3.63, 3.8) is 0 Å². The molecule has 0 radical (unpaired) electrons. The monoisotopic (exact) mass is 482 g/mol. The van der Waals surface area contributed by atoms with Crippen LogP contribution in [-0.4, -0.2) is 34.4 Å². The van der Waals surface area contributed by atoms with Crippen molar-refractivity contribution in [3.8, 4) is 11.5 Å². The molecular weight excluding hydrogens is 452 g/mol. The van der Waals surface area contributed by atoms with Crippen LogP contribution in [0.15, 0.2) is 50.5 Å². The fourth-order valence-electron chi connectivity index (χ4n) is 4.29. The summed E-state index contributed by atoms with van der Waals surface area (Å²) >= 11 is 0. The molecule has 35 heavy (non-hydrogen) atoms. The molecule has 0 spiro atoms. The van der Waals surface area contributed by atoms with Crippen LogP contribution in [0.2, 0.25) is 0 Å². The van der Waals surface area contributed by atoms with E-state index in [2.05, 4.69) is 5.32 Å². The number of esters is 1. The molecule has 0 saturated carbocycles. The maximum Gasteiger partial charge on any atom is 0.333 e. The predicted octanol–water partition coefficient (Wildman–Crippen LogP) is 2.45. The Morgan fingerprint density at radius 1 is 1.40 bits per heavy atom. The molecule has 9 nitrogen and oxygen atoms in total. The summed E-state index contributed by atoms with van der Waals surface area (Å²) < 4.78 is 18.0. The smallest absolute Gasteiger partial charge is 0.333 e. The van der Waals surface area contributed by atoms with Crippen LogP contribution in [0, 0.1) is 0 Å². The minimum atomic E-state index is -0.947. The molecule has 2 aliphatic rings. The molecule has 4 rings (SSSR count). The van der Waals surface area contributed by atoms with Gasteiger partial charge in [-0.05, 0) is 39.3 Å². The first-order valence-corrected chi connectivity index (χ1v) is 11.4. The second kappa shape index (κ2) is 9.14. The lowest BCUT2D eigenvalue weighted by Gasteiger charge is -2.40. The van der Waals surface area contributed by atoms with Gasteiger partial charge in [0.05, 0.1) is 5.82 Å². The second-order valence-corrected chi connectivity index (χ2v) is 9.29. The zero-order valence-electron chi connectivity index (χ0n) is 20.2. The van der Waals surface area contributed by atoms with E-state index in [0.717, 1.165) is 11.6 Å². The number of carbonyl (C=O) groups excluding carboxylic acids is 1. The first-order valence-electron chi connectivity index (χ1n) is 11.4. The highest BCUT2D eigenvalue weighted by Gasteiger charge is 2.43. The van der Waals surface area contributed by atoms with Crippen LogP contribution in [0.1, 0.15) is 44.6 Å². The van der Waals surface area contributed by atoms with Gasteiger partial charge in [0.25, 0.3) is 0 Å². The fraction of sp³-hybridized carbons (Fsp3) is 0.385. The van der Waals surface area contributed by atoms with Gasteiger partial charge in [-0.3, -0.25) is 4.79 Å². The van der Waals surface area contributed by atoms with Gasteiger partial charge >= 0.3 is 5.97 Å². The molecule has 1 aromatic carbocycles. The number of carbonyl (C=O) groups is 1. The number of fused-ring (bicyclic) bond motifs is 2. The first-order chi connectivity index (χ1) is 16.6. The number of nitrogens with one attached hydrogen (secondary N) is 1. The number of aliphatic hydroxyl groups is 1. The van der Waals surface area contributed by atoms with Crippen molar-refractivity contribution in [2.75, 3.05) is 6.54 Å². The summed E-state index contributed by atoms with van der Waals surface area (Å²) in [5.41, 5.74) is 6.87. The number of hydrogen-bond acceptors (Lipinski definition) is 9. The number of aliphatic hydroxyl groups excluding tert-OH is 1. The third kappa shape index (κ3) is 4.51. The number of aromatic hydroxyl groups is 1. The van der Waals surface area contributed by atoms with E-state index in [0.29, 0.717) is 41.2 Å². The number of phenols is 1. The summed E-state index contributed by atoms with van der Waals surface area (Å²) in [6, 6.07) is 1.15. The molecule has 1 aromatic heterocycles. The SMILES string of the molecule is C/C=C(/C)C(=O)O[C@@H]1Cc2c(c(CC3=CCNC(N)=C3)c3oc(CO)cc(=O)c3c2O)OC1(C)C. The Morgan fingerprint density at radius 3 is 2.80 bits per heavy atom. The lowest BCUT2D eigenvalue weighted by Crippen LogP contribution is -2.49. The zero-order valence-corrected chi connectivity index (χ0v) is 20.2. The number of benzene rings is 1. The Morgan fingerprint density at radius 2 is 2.14 bits per heavy atom. The van der Waals surface area contributed by atoms with Crippen LogP contribution >= 0.6 is 0 Å². The molecule has 5 N–H and O–H groups in total. The lowest BCUT2D eigenvalue weighted by atomic mass is 9.86. The van der Waals surface area contributed by atoms with Gasteiger partial charge in [0.15, 0.2) is 5.43 Å². The van der Waals surface area contributed by atoms with Crippen LogP contribution in [0.5, 0.6) is 11.5 Å². The average Bonchev–Trinajstić information content (AvgIpc) is 2.81. The zero-order chi connectivity index (χ0) is 25.5. The summed E-state index contributed by atoms with van der Waals surface area (Å²) in [5, 5.41) is 23.8. The Kier molecular flexibility index (Phi) is 6.38. The molecule has 1 atom stereocenters. The highest BCUT2D eigenvalue weighted by Crippen LogP contribution is 2.47. The van der Waals surface area contributed by atoms with Gasteiger partial charge < -0.3 is 35.2 Å². The largest absolute Gasteiger partial charge is 0.507 e. The number of ether oxygens (including phenoxy) is 2. The summed E-state index contributed by atoms with van der Waals surface area (Å²) in [5.74, 6) is 0.168. The fourth-order valence-corrected chi connectivity index (χ4v) is 4.29. The van der Waals surface area contributed by atoms with E-state index in [9.17, 15) is 19.8 Å². The standard InChI is InChI=1S/C26H30N2O7/c1-5-13(2)25(32)34-19-11-16-22(31)21-18(30)10-15(12-29)33-24(21)17(23(16)35-26(19,3)4)8-14-6-7-28-20(27)9-14/h5-6,9-10,19,28-29,31H,7-8,11-12,27H2,1-4H3/b13-5-/t19-/m1/s1. The van der Waals surface area contributed by atoms with E-state index in [1.165, 1.54) is 0 Å². The van der Waals surface area contributed by atoms with Crippen LogP contribution in [0.25, 0.3) is 11.0 Å². The Labute approximate surface area is 202 Å². The quantitative estimate of drug-likeness (QED) is 0.373. The van der Waals surface area contributed by atoms with Crippen molar-refractivity contribution in [1.29, 1.82) is 0 Å². The van der Waals surface area contributed by atoms with Crippen LogP contribution in [0.4, 0.5) is 0 Å². The van der Waals surface area contributed by atoms with E-state index in [1.54, 1.807) is 39.8 Å². The normalized spacial score (nSPS) is 19.2. The van der Waals surface area contributed by atoms with Gasteiger partial charge in [-0.15, -0.1) is 0 Å². The highest BCUT2D eigenvalue weighted by atomic mass is 16.6. The van der Waals surface area contributed by atoms with Gasteiger partial charge in [-0.1, -0.05) is 12.2 Å². The number of allylic oxidation sites excluding steroid dienone is 3. The van der Waals surface area contributed by atoms with Crippen molar-refractivity contribution >= 4 is 16.9 Å². The van der Waals surface area contributed by atoms with Gasteiger partial charge in [-0.2, -0.15) is 0 Å². The van der Waals surface area contributed by atoms with Crippen LogP contribution < -0.4 is 21.2 Å². The number of nitrogens with two attached hydrogens (primary N) is 1. The molecule has 0 fully saturated rings. The molecule has 0 unspecified atom stereocenters. The summed E-state index contributed by atoms with van der Waals surface area (Å²) in [4.78, 5) is 25.5. The minimum Gasteiger partial charge on any atom is -0.507 e. The minimum absolute atomic E-state index is 0.0135. The molecule has 2 aliphatic heterocycles. The lowest BCUT2D eigenvalue weighted by molar-refractivity contribution is -0.156.